The maximum absolute atomic E-state index is 12.8. The summed E-state index contributed by atoms with van der Waals surface area (Å²) in [6, 6.07) is 6.17. The molecule has 6 heteroatoms. The SMILES string of the molecule is NC(=O)OC1CCN(C(=O)CCc2ccc(F)cc2)CC1. The Bertz CT molecular complexity index is 496. The van der Waals surface area contributed by atoms with Crippen LogP contribution in [0.4, 0.5) is 9.18 Å². The topological polar surface area (TPSA) is 72.6 Å². The number of likely N-dealkylation sites (tertiary alicyclic amines) is 1. The van der Waals surface area contributed by atoms with E-state index in [0.717, 1.165) is 5.56 Å². The molecule has 0 radical (unpaired) electrons. The van der Waals surface area contributed by atoms with Gasteiger partial charge < -0.3 is 15.4 Å². The Morgan fingerprint density at radius 2 is 1.86 bits per heavy atom. The number of carbonyl (C=O) groups is 2. The van der Waals surface area contributed by atoms with Gasteiger partial charge >= 0.3 is 6.09 Å². The fourth-order valence-corrected chi connectivity index (χ4v) is 2.45. The zero-order valence-electron chi connectivity index (χ0n) is 11.8. The van der Waals surface area contributed by atoms with Gasteiger partial charge in [-0.15, -0.1) is 0 Å². The summed E-state index contributed by atoms with van der Waals surface area (Å²) >= 11 is 0. The van der Waals surface area contributed by atoms with Gasteiger partial charge in [-0.05, 0) is 24.1 Å². The standard InChI is InChI=1S/C15H19FN2O3/c16-12-4-1-11(2-5-12)3-6-14(19)18-9-7-13(8-10-18)21-15(17)20/h1-2,4-5,13H,3,6-10H2,(H2,17,20). The molecular formula is C15H19FN2O3. The Morgan fingerprint density at radius 1 is 1.24 bits per heavy atom. The number of carbonyl (C=O) groups excluding carboxylic acids is 2. The van der Waals surface area contributed by atoms with Crippen LogP contribution in [0.1, 0.15) is 24.8 Å². The zero-order valence-corrected chi connectivity index (χ0v) is 11.8. The first-order valence-electron chi connectivity index (χ1n) is 7.03. The van der Waals surface area contributed by atoms with Gasteiger partial charge in [0.15, 0.2) is 0 Å². The lowest BCUT2D eigenvalue weighted by Crippen LogP contribution is -2.42. The number of nitrogens with zero attached hydrogens (tertiary/aromatic N) is 1. The van der Waals surface area contributed by atoms with Crippen molar-refractivity contribution in [2.75, 3.05) is 13.1 Å². The maximum atomic E-state index is 12.8. The number of ether oxygens (including phenoxy) is 1. The van der Waals surface area contributed by atoms with E-state index < -0.39 is 6.09 Å². The average Bonchev–Trinajstić information content (AvgIpc) is 2.46. The lowest BCUT2D eigenvalue weighted by molar-refractivity contribution is -0.133. The summed E-state index contributed by atoms with van der Waals surface area (Å²) in [4.78, 5) is 24.5. The van der Waals surface area contributed by atoms with Gasteiger partial charge in [0.1, 0.15) is 11.9 Å². The van der Waals surface area contributed by atoms with E-state index in [1.165, 1.54) is 12.1 Å². The zero-order chi connectivity index (χ0) is 15.2. The highest BCUT2D eigenvalue weighted by Crippen LogP contribution is 2.15. The molecular weight excluding hydrogens is 275 g/mol. The monoisotopic (exact) mass is 294 g/mol. The van der Waals surface area contributed by atoms with E-state index in [1.54, 1.807) is 17.0 Å². The highest BCUT2D eigenvalue weighted by atomic mass is 19.1. The Kier molecular flexibility index (Phi) is 5.14. The number of nitrogens with two attached hydrogens (primary N) is 1. The Balaban J connectivity index is 1.74. The predicted molar refractivity (Wildman–Crippen MR) is 75.0 cm³/mol. The minimum absolute atomic E-state index is 0.0665. The lowest BCUT2D eigenvalue weighted by atomic mass is 10.1. The predicted octanol–water partition coefficient (Wildman–Crippen LogP) is 1.84. The molecule has 1 aliphatic rings. The molecule has 0 spiro atoms. The Morgan fingerprint density at radius 3 is 2.43 bits per heavy atom. The minimum Gasteiger partial charge on any atom is -0.446 e. The van der Waals surface area contributed by atoms with Gasteiger partial charge in [0, 0.05) is 32.4 Å². The van der Waals surface area contributed by atoms with Crippen molar-refractivity contribution in [1.82, 2.24) is 4.90 Å². The van der Waals surface area contributed by atoms with Crippen molar-refractivity contribution in [3.63, 3.8) is 0 Å². The highest BCUT2D eigenvalue weighted by molar-refractivity contribution is 5.76. The van der Waals surface area contributed by atoms with Crippen LogP contribution in [0.5, 0.6) is 0 Å². The van der Waals surface area contributed by atoms with Crippen molar-refractivity contribution in [2.24, 2.45) is 5.73 Å². The molecule has 5 nitrogen and oxygen atoms in total. The third-order valence-electron chi connectivity index (χ3n) is 3.62. The van der Waals surface area contributed by atoms with Crippen molar-refractivity contribution >= 4 is 12.0 Å². The van der Waals surface area contributed by atoms with Crippen LogP contribution in [0.15, 0.2) is 24.3 Å². The smallest absolute Gasteiger partial charge is 0.404 e. The fraction of sp³-hybridized carbons (Fsp3) is 0.467. The first kappa shape index (κ1) is 15.3. The largest absolute Gasteiger partial charge is 0.446 e. The Labute approximate surface area is 122 Å². The quantitative estimate of drug-likeness (QED) is 0.921. The molecule has 0 unspecified atom stereocenters. The van der Waals surface area contributed by atoms with Gasteiger partial charge in [-0.25, -0.2) is 9.18 Å². The van der Waals surface area contributed by atoms with Gasteiger partial charge in [0.25, 0.3) is 0 Å². The summed E-state index contributed by atoms with van der Waals surface area (Å²) in [6.07, 6.45) is 1.26. The molecule has 1 heterocycles. The van der Waals surface area contributed by atoms with Crippen molar-refractivity contribution < 1.29 is 18.7 Å². The number of piperidine rings is 1. The van der Waals surface area contributed by atoms with E-state index in [9.17, 15) is 14.0 Å². The molecule has 114 valence electrons. The molecule has 1 fully saturated rings. The van der Waals surface area contributed by atoms with Crippen LogP contribution in [0.25, 0.3) is 0 Å². The molecule has 21 heavy (non-hydrogen) atoms. The summed E-state index contributed by atoms with van der Waals surface area (Å²) in [5.41, 5.74) is 5.91. The van der Waals surface area contributed by atoms with Crippen molar-refractivity contribution in [1.29, 1.82) is 0 Å². The summed E-state index contributed by atoms with van der Waals surface area (Å²) in [7, 11) is 0. The van der Waals surface area contributed by atoms with Crippen LogP contribution < -0.4 is 5.73 Å². The van der Waals surface area contributed by atoms with E-state index in [0.29, 0.717) is 38.8 Å². The summed E-state index contributed by atoms with van der Waals surface area (Å²) in [6.45, 7) is 1.14. The first-order valence-corrected chi connectivity index (χ1v) is 7.03. The first-order chi connectivity index (χ1) is 10.0. The Hall–Kier alpha value is -2.11. The molecule has 2 rings (SSSR count). The number of halogens is 1. The highest BCUT2D eigenvalue weighted by Gasteiger charge is 2.24. The van der Waals surface area contributed by atoms with E-state index in [2.05, 4.69) is 0 Å². The number of amides is 2. The van der Waals surface area contributed by atoms with E-state index in [-0.39, 0.29) is 17.8 Å². The van der Waals surface area contributed by atoms with Crippen LogP contribution >= 0.6 is 0 Å². The van der Waals surface area contributed by atoms with Crippen LogP contribution in [0.2, 0.25) is 0 Å². The molecule has 0 aromatic heterocycles. The van der Waals surface area contributed by atoms with Gasteiger partial charge in [-0.1, -0.05) is 12.1 Å². The molecule has 0 saturated carbocycles. The molecule has 1 saturated heterocycles. The van der Waals surface area contributed by atoms with E-state index in [4.69, 9.17) is 10.5 Å². The average molecular weight is 294 g/mol. The number of aryl methyl sites for hydroxylation is 1. The number of hydrogen-bond donors (Lipinski definition) is 1. The summed E-state index contributed by atoms with van der Waals surface area (Å²) in [5.74, 6) is -0.210. The number of hydrogen-bond acceptors (Lipinski definition) is 3. The normalized spacial score (nSPS) is 15.8. The van der Waals surface area contributed by atoms with E-state index >= 15 is 0 Å². The van der Waals surface area contributed by atoms with Gasteiger partial charge in [0.05, 0.1) is 0 Å². The molecule has 0 atom stereocenters. The van der Waals surface area contributed by atoms with Crippen LogP contribution in [-0.4, -0.2) is 36.1 Å². The summed E-state index contributed by atoms with van der Waals surface area (Å²) in [5, 5.41) is 0. The van der Waals surface area contributed by atoms with Crippen molar-refractivity contribution in [3.05, 3.63) is 35.6 Å². The molecule has 0 bridgehead atoms. The van der Waals surface area contributed by atoms with Crippen LogP contribution in [0.3, 0.4) is 0 Å². The van der Waals surface area contributed by atoms with Gasteiger partial charge in [-0.3, -0.25) is 4.79 Å². The van der Waals surface area contributed by atoms with Gasteiger partial charge in [0.2, 0.25) is 5.91 Å². The molecule has 1 aliphatic heterocycles. The number of rotatable bonds is 4. The van der Waals surface area contributed by atoms with E-state index in [1.807, 2.05) is 0 Å². The van der Waals surface area contributed by atoms with Crippen LogP contribution in [0, 0.1) is 5.82 Å². The third kappa shape index (κ3) is 4.73. The van der Waals surface area contributed by atoms with Gasteiger partial charge in [-0.2, -0.15) is 0 Å². The second-order valence-corrected chi connectivity index (χ2v) is 5.14. The molecule has 0 aliphatic carbocycles. The minimum atomic E-state index is -0.768. The van der Waals surface area contributed by atoms with Crippen molar-refractivity contribution in [3.8, 4) is 0 Å². The second-order valence-electron chi connectivity index (χ2n) is 5.14. The van der Waals surface area contributed by atoms with Crippen LogP contribution in [-0.2, 0) is 16.0 Å². The molecule has 1 aromatic rings. The maximum Gasteiger partial charge on any atom is 0.404 e. The number of primary amides is 1. The molecule has 1 aromatic carbocycles. The summed E-state index contributed by atoms with van der Waals surface area (Å²) < 4.78 is 17.7. The number of benzene rings is 1. The molecule has 2 amide bonds. The molecule has 2 N–H and O–H groups in total. The third-order valence-corrected chi connectivity index (χ3v) is 3.62. The fourth-order valence-electron chi connectivity index (χ4n) is 2.45. The second kappa shape index (κ2) is 7.06. The lowest BCUT2D eigenvalue weighted by Gasteiger charge is -2.31. The van der Waals surface area contributed by atoms with Crippen molar-refractivity contribution in [2.45, 2.75) is 31.8 Å².